The van der Waals surface area contributed by atoms with Gasteiger partial charge in [0.1, 0.15) is 23.1 Å². The Kier molecular flexibility index (Phi) is 5.55. The highest BCUT2D eigenvalue weighted by Crippen LogP contribution is 2.25. The Hall–Kier alpha value is -3.72. The fourth-order valence-electron chi connectivity index (χ4n) is 3.60. The summed E-state index contributed by atoms with van der Waals surface area (Å²) in [4.78, 5) is 20.7. The second kappa shape index (κ2) is 8.80. The fraction of sp³-hybridized carbons (Fsp3) is 0.304. The van der Waals surface area contributed by atoms with Crippen LogP contribution in [0.25, 0.3) is 5.65 Å². The monoisotopic (exact) mass is 430 g/mol. The summed E-state index contributed by atoms with van der Waals surface area (Å²) in [6.45, 7) is 7.20. The van der Waals surface area contributed by atoms with Gasteiger partial charge in [-0.25, -0.2) is 9.97 Å². The first-order chi connectivity index (χ1) is 15.6. The lowest BCUT2D eigenvalue weighted by molar-refractivity contribution is 0.122. The van der Waals surface area contributed by atoms with Crippen LogP contribution in [0.1, 0.15) is 25.5 Å². The van der Waals surface area contributed by atoms with Crippen LogP contribution >= 0.6 is 0 Å². The van der Waals surface area contributed by atoms with Crippen molar-refractivity contribution in [2.75, 3.05) is 41.8 Å². The fourth-order valence-corrected chi connectivity index (χ4v) is 3.60. The van der Waals surface area contributed by atoms with Crippen molar-refractivity contribution in [3.63, 3.8) is 0 Å². The van der Waals surface area contributed by atoms with E-state index in [0.29, 0.717) is 30.9 Å². The first-order valence-corrected chi connectivity index (χ1v) is 10.8. The Morgan fingerprint density at radius 3 is 2.66 bits per heavy atom. The largest absolute Gasteiger partial charge is 0.378 e. The predicted molar refractivity (Wildman–Crippen MR) is 125 cm³/mol. The number of hydrogen-bond donors (Lipinski definition) is 2. The van der Waals surface area contributed by atoms with Gasteiger partial charge in [-0.1, -0.05) is 19.9 Å². The molecule has 32 heavy (non-hydrogen) atoms. The molecule has 0 bridgehead atoms. The Morgan fingerprint density at radius 2 is 1.81 bits per heavy atom. The standard InChI is InChI=1S/C23H26N8O/c1-16(2)18-4-3-5-19(26-18)27-23-28-20(15-22(29-23)31-10-12-32-13-11-31)25-17-6-8-30-9-7-24-21(30)14-17/h3-9,14-16H,10-13H2,1-2H3,(H2,25,26,27,28,29). The molecular weight excluding hydrogens is 404 g/mol. The lowest BCUT2D eigenvalue weighted by Crippen LogP contribution is -2.36. The van der Waals surface area contributed by atoms with Gasteiger partial charge in [0.15, 0.2) is 0 Å². The van der Waals surface area contributed by atoms with Gasteiger partial charge in [0.25, 0.3) is 0 Å². The maximum Gasteiger partial charge on any atom is 0.232 e. The summed E-state index contributed by atoms with van der Waals surface area (Å²) >= 11 is 0. The molecule has 0 aliphatic carbocycles. The van der Waals surface area contributed by atoms with E-state index in [0.717, 1.165) is 41.8 Å². The zero-order chi connectivity index (χ0) is 21.9. The van der Waals surface area contributed by atoms with Crippen LogP contribution in [0.4, 0.5) is 29.1 Å². The minimum Gasteiger partial charge on any atom is -0.378 e. The number of hydrogen-bond acceptors (Lipinski definition) is 8. The molecule has 0 amide bonds. The normalized spacial score (nSPS) is 14.2. The van der Waals surface area contributed by atoms with Crippen LogP contribution in [-0.4, -0.2) is 50.6 Å². The van der Waals surface area contributed by atoms with E-state index in [-0.39, 0.29) is 0 Å². The molecule has 4 aromatic heterocycles. The minimum atomic E-state index is 0.340. The average Bonchev–Trinajstić information content (AvgIpc) is 3.28. The van der Waals surface area contributed by atoms with Gasteiger partial charge in [-0.15, -0.1) is 0 Å². The smallest absolute Gasteiger partial charge is 0.232 e. The van der Waals surface area contributed by atoms with Gasteiger partial charge < -0.3 is 24.7 Å². The van der Waals surface area contributed by atoms with E-state index >= 15 is 0 Å². The molecule has 2 N–H and O–H groups in total. The quantitative estimate of drug-likeness (QED) is 0.475. The van der Waals surface area contributed by atoms with E-state index < -0.39 is 0 Å². The molecule has 5 rings (SSSR count). The van der Waals surface area contributed by atoms with E-state index in [9.17, 15) is 0 Å². The van der Waals surface area contributed by atoms with Gasteiger partial charge in [0.2, 0.25) is 5.95 Å². The summed E-state index contributed by atoms with van der Waals surface area (Å²) in [5.74, 6) is 3.09. The molecule has 1 aliphatic heterocycles. The van der Waals surface area contributed by atoms with Crippen molar-refractivity contribution in [3.05, 3.63) is 60.7 Å². The molecule has 164 valence electrons. The lowest BCUT2D eigenvalue weighted by Gasteiger charge is -2.28. The maximum absolute atomic E-state index is 5.51. The highest BCUT2D eigenvalue weighted by molar-refractivity contribution is 5.65. The first kappa shape index (κ1) is 20.2. The number of morpholine rings is 1. The number of aromatic nitrogens is 5. The molecule has 0 spiro atoms. The zero-order valence-corrected chi connectivity index (χ0v) is 18.2. The summed E-state index contributed by atoms with van der Waals surface area (Å²) in [5, 5.41) is 6.68. The molecule has 4 aromatic rings. The molecule has 1 fully saturated rings. The van der Waals surface area contributed by atoms with E-state index in [4.69, 9.17) is 19.7 Å². The molecule has 1 saturated heterocycles. The third-order valence-corrected chi connectivity index (χ3v) is 5.32. The van der Waals surface area contributed by atoms with Gasteiger partial charge in [-0.3, -0.25) is 0 Å². The van der Waals surface area contributed by atoms with E-state index in [1.54, 1.807) is 6.20 Å². The van der Waals surface area contributed by atoms with Crippen LogP contribution in [0, 0.1) is 0 Å². The second-order valence-corrected chi connectivity index (χ2v) is 7.99. The molecule has 0 atom stereocenters. The number of ether oxygens (including phenoxy) is 1. The Balaban J connectivity index is 1.47. The highest BCUT2D eigenvalue weighted by Gasteiger charge is 2.16. The Labute approximate surface area is 186 Å². The molecule has 9 nitrogen and oxygen atoms in total. The van der Waals surface area contributed by atoms with E-state index in [2.05, 4.69) is 34.4 Å². The number of anilines is 5. The third-order valence-electron chi connectivity index (χ3n) is 5.32. The van der Waals surface area contributed by atoms with Gasteiger partial charge in [0.05, 0.1) is 13.2 Å². The third kappa shape index (κ3) is 4.47. The van der Waals surface area contributed by atoms with Gasteiger partial charge in [-0.05, 0) is 24.1 Å². The first-order valence-electron chi connectivity index (χ1n) is 10.8. The van der Waals surface area contributed by atoms with Crippen molar-refractivity contribution in [2.45, 2.75) is 19.8 Å². The highest BCUT2D eigenvalue weighted by atomic mass is 16.5. The van der Waals surface area contributed by atoms with Gasteiger partial charge in [-0.2, -0.15) is 9.97 Å². The molecular formula is C23H26N8O. The summed E-state index contributed by atoms with van der Waals surface area (Å²) in [5.41, 5.74) is 2.79. The summed E-state index contributed by atoms with van der Waals surface area (Å²) in [6, 6.07) is 11.9. The Morgan fingerprint density at radius 1 is 0.938 bits per heavy atom. The van der Waals surface area contributed by atoms with Crippen LogP contribution in [0.5, 0.6) is 0 Å². The maximum atomic E-state index is 5.51. The second-order valence-electron chi connectivity index (χ2n) is 7.99. The van der Waals surface area contributed by atoms with Crippen molar-refractivity contribution < 1.29 is 4.74 Å². The molecule has 5 heterocycles. The van der Waals surface area contributed by atoms with Crippen molar-refractivity contribution in [1.29, 1.82) is 0 Å². The predicted octanol–water partition coefficient (Wildman–Crippen LogP) is 3.97. The Bertz CT molecular complexity index is 1220. The number of nitrogens with one attached hydrogen (secondary N) is 2. The molecule has 9 heteroatoms. The van der Waals surface area contributed by atoms with E-state index in [1.165, 1.54) is 0 Å². The van der Waals surface area contributed by atoms with Crippen LogP contribution in [-0.2, 0) is 4.74 Å². The lowest BCUT2D eigenvalue weighted by atomic mass is 10.1. The van der Waals surface area contributed by atoms with Crippen molar-refractivity contribution in [3.8, 4) is 0 Å². The van der Waals surface area contributed by atoms with Crippen LogP contribution in [0.2, 0.25) is 0 Å². The summed E-state index contributed by atoms with van der Waals surface area (Å²) in [6.07, 6.45) is 5.66. The average molecular weight is 431 g/mol. The van der Waals surface area contributed by atoms with Gasteiger partial charge in [0, 0.05) is 55.2 Å². The van der Waals surface area contributed by atoms with Gasteiger partial charge >= 0.3 is 0 Å². The van der Waals surface area contributed by atoms with Crippen molar-refractivity contribution in [2.24, 2.45) is 0 Å². The van der Waals surface area contributed by atoms with Crippen molar-refractivity contribution in [1.82, 2.24) is 24.3 Å². The number of fused-ring (bicyclic) bond motifs is 1. The molecule has 0 saturated carbocycles. The molecule has 0 unspecified atom stereocenters. The molecule has 0 aromatic carbocycles. The van der Waals surface area contributed by atoms with Crippen LogP contribution < -0.4 is 15.5 Å². The zero-order valence-electron chi connectivity index (χ0n) is 18.2. The molecule has 0 radical (unpaired) electrons. The van der Waals surface area contributed by atoms with Crippen LogP contribution in [0.15, 0.2) is 55.0 Å². The topological polar surface area (TPSA) is 92.5 Å². The van der Waals surface area contributed by atoms with E-state index in [1.807, 2.05) is 53.2 Å². The number of rotatable bonds is 6. The summed E-state index contributed by atoms with van der Waals surface area (Å²) < 4.78 is 7.47. The van der Waals surface area contributed by atoms with Crippen molar-refractivity contribution >= 4 is 34.7 Å². The number of imidazole rings is 1. The number of nitrogens with zero attached hydrogens (tertiary/aromatic N) is 6. The SMILES string of the molecule is CC(C)c1cccc(Nc2nc(Nc3ccn4ccnc4c3)cc(N3CCOCC3)n2)n1. The molecule has 1 aliphatic rings. The minimum absolute atomic E-state index is 0.340. The summed E-state index contributed by atoms with van der Waals surface area (Å²) in [7, 11) is 0. The van der Waals surface area contributed by atoms with Crippen LogP contribution in [0.3, 0.4) is 0 Å². The number of pyridine rings is 2.